The van der Waals surface area contributed by atoms with Gasteiger partial charge in [-0.05, 0) is 31.9 Å². The molecule has 28 heavy (non-hydrogen) atoms. The Morgan fingerprint density at radius 1 is 1.25 bits per heavy atom. The molecule has 1 aliphatic carbocycles. The molecule has 1 aromatic carbocycles. The van der Waals surface area contributed by atoms with E-state index >= 15 is 0 Å². The minimum atomic E-state index is -2.70. The van der Waals surface area contributed by atoms with E-state index < -0.39 is 6.55 Å². The molecular weight excluding hydrogens is 382 g/mol. The molecule has 0 radical (unpaired) electrons. The number of thiazole rings is 1. The van der Waals surface area contributed by atoms with Gasteiger partial charge < -0.3 is 4.84 Å². The molecule has 2 aromatic heterocycles. The lowest BCUT2D eigenvalue weighted by atomic mass is 9.90. The first-order valence-corrected chi connectivity index (χ1v) is 10.4. The van der Waals surface area contributed by atoms with Crippen molar-refractivity contribution in [3.63, 3.8) is 0 Å². The second kappa shape index (κ2) is 8.34. The van der Waals surface area contributed by atoms with Crippen molar-refractivity contribution in [3.05, 3.63) is 46.2 Å². The Balaban J connectivity index is 1.46. The topological polar surface area (TPSA) is 52.3 Å². The standard InChI is InChI=1S/C20H22F2N4OS/c1-13(18-24-16-9-5-6-10-17(16)26(18)20(21)22)25-27-11-15-12-28-19(23-15)14-7-3-2-4-8-14/h5-6,9-10,12,14,20H,2-4,7-8,11H2,1H3/b25-13-. The molecule has 8 heteroatoms. The van der Waals surface area contributed by atoms with E-state index in [1.807, 2.05) is 5.38 Å². The van der Waals surface area contributed by atoms with Gasteiger partial charge in [0.25, 0.3) is 0 Å². The van der Waals surface area contributed by atoms with E-state index in [0.29, 0.717) is 22.7 Å². The van der Waals surface area contributed by atoms with E-state index in [4.69, 9.17) is 4.84 Å². The van der Waals surface area contributed by atoms with Gasteiger partial charge in [0.05, 0.1) is 21.7 Å². The average molecular weight is 404 g/mol. The van der Waals surface area contributed by atoms with Gasteiger partial charge in [-0.1, -0.05) is 36.6 Å². The van der Waals surface area contributed by atoms with Crippen LogP contribution in [0, 0.1) is 0 Å². The second-order valence-corrected chi connectivity index (χ2v) is 7.92. The molecule has 0 N–H and O–H groups in total. The number of oxime groups is 1. The Morgan fingerprint density at radius 3 is 2.82 bits per heavy atom. The van der Waals surface area contributed by atoms with Crippen LogP contribution in [0.4, 0.5) is 8.78 Å². The number of para-hydroxylation sites is 2. The van der Waals surface area contributed by atoms with Crippen LogP contribution in [0.2, 0.25) is 0 Å². The normalized spacial score (nSPS) is 16.2. The molecule has 4 rings (SSSR count). The average Bonchev–Trinajstić information content (AvgIpc) is 3.33. The molecule has 0 amide bonds. The Labute approximate surface area is 166 Å². The molecule has 0 unspecified atom stereocenters. The van der Waals surface area contributed by atoms with Crippen LogP contribution in [-0.4, -0.2) is 20.2 Å². The van der Waals surface area contributed by atoms with Crippen molar-refractivity contribution in [2.75, 3.05) is 0 Å². The van der Waals surface area contributed by atoms with Crippen LogP contribution in [0.25, 0.3) is 11.0 Å². The van der Waals surface area contributed by atoms with Crippen molar-refractivity contribution in [3.8, 4) is 0 Å². The van der Waals surface area contributed by atoms with Crippen molar-refractivity contribution in [2.24, 2.45) is 5.16 Å². The van der Waals surface area contributed by atoms with E-state index in [2.05, 4.69) is 15.1 Å². The number of aromatic nitrogens is 3. The molecule has 0 atom stereocenters. The number of nitrogens with zero attached hydrogens (tertiary/aromatic N) is 4. The molecule has 0 aliphatic heterocycles. The van der Waals surface area contributed by atoms with Crippen LogP contribution in [-0.2, 0) is 11.4 Å². The highest BCUT2D eigenvalue weighted by Crippen LogP contribution is 2.34. The van der Waals surface area contributed by atoms with E-state index in [0.717, 1.165) is 10.3 Å². The highest BCUT2D eigenvalue weighted by molar-refractivity contribution is 7.09. The van der Waals surface area contributed by atoms with Crippen LogP contribution in [0.1, 0.15) is 68.0 Å². The summed E-state index contributed by atoms with van der Waals surface area (Å²) in [6, 6.07) is 6.80. The van der Waals surface area contributed by atoms with Gasteiger partial charge in [0.15, 0.2) is 12.4 Å². The lowest BCUT2D eigenvalue weighted by Gasteiger charge is -2.18. The first-order chi connectivity index (χ1) is 13.6. The van der Waals surface area contributed by atoms with Crippen molar-refractivity contribution in [1.29, 1.82) is 0 Å². The number of imidazole rings is 1. The predicted molar refractivity (Wildman–Crippen MR) is 106 cm³/mol. The van der Waals surface area contributed by atoms with E-state index in [9.17, 15) is 8.78 Å². The molecule has 3 aromatic rings. The SMILES string of the molecule is C/C(=N/OCc1csc(C2CCCCC2)n1)c1nc2ccccc2n1C(F)F. The third kappa shape index (κ3) is 3.92. The fourth-order valence-electron chi connectivity index (χ4n) is 3.66. The zero-order valence-corrected chi connectivity index (χ0v) is 16.5. The monoisotopic (exact) mass is 404 g/mol. The fraction of sp³-hybridized carbons (Fsp3) is 0.450. The molecule has 1 saturated carbocycles. The lowest BCUT2D eigenvalue weighted by molar-refractivity contribution is 0.0735. The molecule has 1 aliphatic rings. The maximum atomic E-state index is 13.5. The van der Waals surface area contributed by atoms with Gasteiger partial charge in [-0.3, -0.25) is 4.57 Å². The summed E-state index contributed by atoms with van der Waals surface area (Å²) in [5, 5.41) is 7.17. The minimum Gasteiger partial charge on any atom is -0.389 e. The van der Waals surface area contributed by atoms with Crippen molar-refractivity contribution in [1.82, 2.24) is 14.5 Å². The van der Waals surface area contributed by atoms with Crippen molar-refractivity contribution in [2.45, 2.75) is 58.1 Å². The molecule has 0 spiro atoms. The largest absolute Gasteiger partial charge is 0.389 e. The molecule has 148 valence electrons. The summed E-state index contributed by atoms with van der Waals surface area (Å²) in [6.07, 6.45) is 6.26. The quantitative estimate of drug-likeness (QED) is 0.381. The zero-order chi connectivity index (χ0) is 19.5. The first kappa shape index (κ1) is 19.0. The molecule has 0 saturated heterocycles. The smallest absolute Gasteiger partial charge is 0.320 e. The van der Waals surface area contributed by atoms with Crippen LogP contribution in [0.15, 0.2) is 34.8 Å². The molecular formula is C20H22F2N4OS. The van der Waals surface area contributed by atoms with Gasteiger partial charge in [0.1, 0.15) is 5.71 Å². The third-order valence-electron chi connectivity index (χ3n) is 5.05. The summed E-state index contributed by atoms with van der Waals surface area (Å²) in [6.45, 7) is -0.867. The summed E-state index contributed by atoms with van der Waals surface area (Å²) in [4.78, 5) is 14.4. The Hall–Kier alpha value is -2.35. The van der Waals surface area contributed by atoms with Gasteiger partial charge >= 0.3 is 6.55 Å². The number of hydrogen-bond donors (Lipinski definition) is 0. The number of benzene rings is 1. The summed E-state index contributed by atoms with van der Waals surface area (Å²) in [5.41, 5.74) is 2.01. The van der Waals surface area contributed by atoms with E-state index in [1.165, 1.54) is 37.1 Å². The Morgan fingerprint density at radius 2 is 2.04 bits per heavy atom. The third-order valence-corrected chi connectivity index (χ3v) is 6.11. The maximum Gasteiger partial charge on any atom is 0.320 e. The van der Waals surface area contributed by atoms with Crippen LogP contribution in [0.5, 0.6) is 0 Å². The fourth-order valence-corrected chi connectivity index (χ4v) is 4.63. The number of halogens is 2. The first-order valence-electron chi connectivity index (χ1n) is 9.50. The second-order valence-electron chi connectivity index (χ2n) is 7.03. The van der Waals surface area contributed by atoms with E-state index in [1.54, 1.807) is 42.5 Å². The van der Waals surface area contributed by atoms with Crippen molar-refractivity contribution >= 4 is 28.1 Å². The van der Waals surface area contributed by atoms with Gasteiger partial charge in [-0.25, -0.2) is 9.97 Å². The Kier molecular flexibility index (Phi) is 5.66. The van der Waals surface area contributed by atoms with Crippen LogP contribution < -0.4 is 0 Å². The zero-order valence-electron chi connectivity index (χ0n) is 15.6. The summed E-state index contributed by atoms with van der Waals surface area (Å²) < 4.78 is 27.9. The molecule has 2 heterocycles. The summed E-state index contributed by atoms with van der Waals surface area (Å²) in [5.74, 6) is 0.668. The van der Waals surface area contributed by atoms with Gasteiger partial charge in [0, 0.05) is 11.3 Å². The maximum absolute atomic E-state index is 13.5. The number of hydrogen-bond acceptors (Lipinski definition) is 5. The summed E-state index contributed by atoms with van der Waals surface area (Å²) >= 11 is 1.67. The lowest BCUT2D eigenvalue weighted by Crippen LogP contribution is -2.10. The predicted octanol–water partition coefficient (Wildman–Crippen LogP) is 5.88. The number of rotatable bonds is 6. The number of fused-ring (bicyclic) bond motifs is 1. The molecule has 5 nitrogen and oxygen atoms in total. The van der Waals surface area contributed by atoms with Gasteiger partial charge in [-0.2, -0.15) is 8.78 Å². The Bertz CT molecular complexity index is 976. The molecule has 1 fully saturated rings. The van der Waals surface area contributed by atoms with Gasteiger partial charge in [-0.15, -0.1) is 11.3 Å². The summed E-state index contributed by atoms with van der Waals surface area (Å²) in [7, 11) is 0. The highest BCUT2D eigenvalue weighted by atomic mass is 32.1. The number of alkyl halides is 2. The van der Waals surface area contributed by atoms with E-state index in [-0.39, 0.29) is 12.4 Å². The highest BCUT2D eigenvalue weighted by Gasteiger charge is 2.20. The van der Waals surface area contributed by atoms with Crippen molar-refractivity contribution < 1.29 is 13.6 Å². The molecule has 0 bridgehead atoms. The van der Waals surface area contributed by atoms with Gasteiger partial charge in [0.2, 0.25) is 0 Å². The van der Waals surface area contributed by atoms with Crippen LogP contribution >= 0.6 is 11.3 Å². The van der Waals surface area contributed by atoms with Crippen LogP contribution in [0.3, 0.4) is 0 Å². The minimum absolute atomic E-state index is 0.109.